The van der Waals surface area contributed by atoms with Crippen LogP contribution in [0, 0.1) is 12.7 Å². The number of nitrogens with one attached hydrogen (secondary N) is 3. The van der Waals surface area contributed by atoms with E-state index in [1.165, 1.54) is 18.5 Å². The van der Waals surface area contributed by atoms with Gasteiger partial charge in [-0.2, -0.15) is 0 Å². The molecule has 1 amide bonds. The van der Waals surface area contributed by atoms with Crippen molar-refractivity contribution in [2.45, 2.75) is 6.92 Å². The zero-order valence-electron chi connectivity index (χ0n) is 19.0. The molecule has 0 aliphatic heterocycles. The highest BCUT2D eigenvalue weighted by atomic mass is 19.1. The molecule has 33 heavy (non-hydrogen) atoms. The maximum atomic E-state index is 13.5. The fraction of sp³-hybridized carbons (Fsp3) is 0.208. The second-order valence-electron chi connectivity index (χ2n) is 7.57. The molecule has 3 N–H and O–H groups in total. The van der Waals surface area contributed by atoms with Crippen LogP contribution in [-0.2, 0) is 4.79 Å². The van der Waals surface area contributed by atoms with Crippen LogP contribution < -0.4 is 20.7 Å². The van der Waals surface area contributed by atoms with Gasteiger partial charge in [-0.15, -0.1) is 0 Å². The number of ether oxygens (including phenoxy) is 1. The Balaban J connectivity index is 1.74. The Morgan fingerprint density at radius 3 is 2.48 bits per heavy atom. The van der Waals surface area contributed by atoms with Crippen LogP contribution in [0.2, 0.25) is 0 Å². The van der Waals surface area contributed by atoms with Gasteiger partial charge >= 0.3 is 0 Å². The fourth-order valence-corrected chi connectivity index (χ4v) is 2.94. The third kappa shape index (κ3) is 7.01. The van der Waals surface area contributed by atoms with Gasteiger partial charge in [-0.1, -0.05) is 6.08 Å². The lowest BCUT2D eigenvalue weighted by Crippen LogP contribution is -2.13. The van der Waals surface area contributed by atoms with E-state index in [0.29, 0.717) is 46.6 Å². The molecular formula is C24H27FN6O2. The quantitative estimate of drug-likeness (QED) is 0.414. The molecule has 172 valence electrons. The van der Waals surface area contributed by atoms with Crippen molar-refractivity contribution in [1.29, 1.82) is 0 Å². The van der Waals surface area contributed by atoms with Gasteiger partial charge in [0, 0.05) is 30.1 Å². The van der Waals surface area contributed by atoms with Crippen LogP contribution in [0.15, 0.2) is 60.9 Å². The van der Waals surface area contributed by atoms with Crippen molar-refractivity contribution in [2.75, 3.05) is 43.7 Å². The molecule has 0 aliphatic rings. The third-order valence-corrected chi connectivity index (χ3v) is 4.57. The predicted molar refractivity (Wildman–Crippen MR) is 129 cm³/mol. The minimum Gasteiger partial charge on any atom is -0.495 e. The largest absolute Gasteiger partial charge is 0.495 e. The standard InChI is InChI=1S/C24H27FN6O2/c1-16-12-17(7-9-19(16)25)28-22-14-23(27-15-26-22)30-20-13-18(8-10-21(20)33-4)29-24(32)6-5-11-31(2)3/h5-10,12-15H,11H2,1-4H3,(H,29,32)(H2,26,27,28,30)/b6-5+. The Labute approximate surface area is 192 Å². The zero-order chi connectivity index (χ0) is 23.8. The number of nitrogens with zero attached hydrogens (tertiary/aromatic N) is 3. The van der Waals surface area contributed by atoms with Crippen LogP contribution in [0.25, 0.3) is 0 Å². The lowest BCUT2D eigenvalue weighted by Gasteiger charge is -2.14. The van der Waals surface area contributed by atoms with Crippen LogP contribution in [-0.4, -0.2) is 48.5 Å². The summed E-state index contributed by atoms with van der Waals surface area (Å²) >= 11 is 0. The molecular weight excluding hydrogens is 423 g/mol. The lowest BCUT2D eigenvalue weighted by atomic mass is 10.2. The maximum Gasteiger partial charge on any atom is 0.248 e. The van der Waals surface area contributed by atoms with Crippen molar-refractivity contribution in [3.8, 4) is 5.75 Å². The molecule has 9 heteroatoms. The Hall–Kier alpha value is -3.98. The normalized spacial score (nSPS) is 11.0. The molecule has 0 atom stereocenters. The van der Waals surface area contributed by atoms with Gasteiger partial charge in [-0.3, -0.25) is 4.79 Å². The number of likely N-dealkylation sites (N-methyl/N-ethyl adjacent to an activating group) is 1. The smallest absolute Gasteiger partial charge is 0.248 e. The molecule has 0 unspecified atom stereocenters. The summed E-state index contributed by atoms with van der Waals surface area (Å²) in [6.45, 7) is 2.37. The molecule has 0 bridgehead atoms. The highest BCUT2D eigenvalue weighted by Crippen LogP contribution is 2.30. The fourth-order valence-electron chi connectivity index (χ4n) is 2.94. The number of carbonyl (C=O) groups excluding carboxylic acids is 1. The van der Waals surface area contributed by atoms with Crippen LogP contribution in [0.5, 0.6) is 5.75 Å². The number of anilines is 5. The molecule has 3 rings (SSSR count). The average Bonchev–Trinajstić information content (AvgIpc) is 2.76. The molecule has 1 aromatic heterocycles. The summed E-state index contributed by atoms with van der Waals surface area (Å²) in [6.07, 6.45) is 4.70. The number of aromatic nitrogens is 2. The average molecular weight is 451 g/mol. The lowest BCUT2D eigenvalue weighted by molar-refractivity contribution is -0.111. The van der Waals surface area contributed by atoms with E-state index in [1.807, 2.05) is 19.0 Å². The van der Waals surface area contributed by atoms with Gasteiger partial charge in [0.05, 0.1) is 12.8 Å². The van der Waals surface area contributed by atoms with E-state index in [4.69, 9.17) is 4.74 Å². The first-order valence-electron chi connectivity index (χ1n) is 10.3. The van der Waals surface area contributed by atoms with Gasteiger partial charge in [-0.05, 0) is 63.0 Å². The van der Waals surface area contributed by atoms with Gasteiger partial charge in [0.1, 0.15) is 29.5 Å². The van der Waals surface area contributed by atoms with Crippen LogP contribution >= 0.6 is 0 Å². The predicted octanol–water partition coefficient (Wildman–Crippen LogP) is 4.48. The summed E-state index contributed by atoms with van der Waals surface area (Å²) in [5, 5.41) is 9.16. The van der Waals surface area contributed by atoms with E-state index in [-0.39, 0.29) is 11.7 Å². The number of amides is 1. The third-order valence-electron chi connectivity index (χ3n) is 4.57. The number of rotatable bonds is 9. The zero-order valence-corrected chi connectivity index (χ0v) is 19.0. The number of benzene rings is 2. The van der Waals surface area contributed by atoms with Crippen LogP contribution in [0.4, 0.5) is 33.1 Å². The van der Waals surface area contributed by atoms with Crippen LogP contribution in [0.3, 0.4) is 0 Å². The molecule has 0 saturated carbocycles. The summed E-state index contributed by atoms with van der Waals surface area (Å²) in [7, 11) is 5.42. The maximum absolute atomic E-state index is 13.5. The molecule has 3 aromatic rings. The van der Waals surface area contributed by atoms with Crippen molar-refractivity contribution in [2.24, 2.45) is 0 Å². The Morgan fingerprint density at radius 1 is 1.06 bits per heavy atom. The number of hydrogen-bond donors (Lipinski definition) is 3. The molecule has 1 heterocycles. The van der Waals surface area contributed by atoms with E-state index in [0.717, 1.165) is 0 Å². The number of methoxy groups -OCH3 is 1. The van der Waals surface area contributed by atoms with Gasteiger partial charge in [0.25, 0.3) is 0 Å². The Morgan fingerprint density at radius 2 is 1.79 bits per heavy atom. The van der Waals surface area contributed by atoms with Crippen LogP contribution in [0.1, 0.15) is 5.56 Å². The summed E-state index contributed by atoms with van der Waals surface area (Å²) in [5.41, 5.74) is 2.47. The monoisotopic (exact) mass is 450 g/mol. The highest BCUT2D eigenvalue weighted by Gasteiger charge is 2.09. The summed E-state index contributed by atoms with van der Waals surface area (Å²) in [6, 6.07) is 11.7. The number of halogens is 1. The van der Waals surface area contributed by atoms with Crippen molar-refractivity contribution >= 4 is 34.6 Å². The van der Waals surface area contributed by atoms with E-state index < -0.39 is 0 Å². The molecule has 0 spiro atoms. The summed E-state index contributed by atoms with van der Waals surface area (Å²) in [5.74, 6) is 1.14. The Bertz CT molecular complexity index is 1150. The molecule has 0 aliphatic carbocycles. The molecule has 0 fully saturated rings. The molecule has 8 nitrogen and oxygen atoms in total. The van der Waals surface area contributed by atoms with E-state index in [2.05, 4.69) is 25.9 Å². The van der Waals surface area contributed by atoms with E-state index in [9.17, 15) is 9.18 Å². The minimum atomic E-state index is -0.266. The SMILES string of the molecule is COc1ccc(NC(=O)/C=C/CN(C)C)cc1Nc1cc(Nc2ccc(F)c(C)c2)ncn1. The summed E-state index contributed by atoms with van der Waals surface area (Å²) in [4.78, 5) is 22.6. The van der Waals surface area contributed by atoms with Gasteiger partial charge < -0.3 is 25.6 Å². The second kappa shape index (κ2) is 11.1. The van der Waals surface area contributed by atoms with Gasteiger partial charge in [-0.25, -0.2) is 14.4 Å². The number of carbonyl (C=O) groups is 1. The highest BCUT2D eigenvalue weighted by molar-refractivity contribution is 5.99. The molecule has 0 saturated heterocycles. The Kier molecular flexibility index (Phi) is 7.93. The van der Waals surface area contributed by atoms with Gasteiger partial charge in [0.2, 0.25) is 5.91 Å². The van der Waals surface area contributed by atoms with E-state index in [1.54, 1.807) is 56.5 Å². The summed E-state index contributed by atoms with van der Waals surface area (Å²) < 4.78 is 18.9. The minimum absolute atomic E-state index is 0.226. The first-order chi connectivity index (χ1) is 15.8. The number of hydrogen-bond acceptors (Lipinski definition) is 7. The molecule has 2 aromatic carbocycles. The first-order valence-corrected chi connectivity index (χ1v) is 10.3. The van der Waals surface area contributed by atoms with E-state index >= 15 is 0 Å². The van der Waals surface area contributed by atoms with Crippen molar-refractivity contribution in [1.82, 2.24) is 14.9 Å². The molecule has 0 radical (unpaired) electrons. The van der Waals surface area contributed by atoms with Crippen molar-refractivity contribution < 1.29 is 13.9 Å². The second-order valence-corrected chi connectivity index (χ2v) is 7.57. The van der Waals surface area contributed by atoms with Gasteiger partial charge in [0.15, 0.2) is 0 Å². The topological polar surface area (TPSA) is 91.4 Å². The van der Waals surface area contributed by atoms with Crippen molar-refractivity contribution in [3.05, 3.63) is 72.3 Å². The number of aryl methyl sites for hydroxylation is 1. The van der Waals surface area contributed by atoms with Crippen molar-refractivity contribution in [3.63, 3.8) is 0 Å². The first kappa shape index (κ1) is 23.7.